The van der Waals surface area contributed by atoms with Gasteiger partial charge in [-0.3, -0.25) is 9.59 Å². The summed E-state index contributed by atoms with van der Waals surface area (Å²) in [5, 5.41) is 6.18. The Hall–Kier alpha value is -3.78. The zero-order chi connectivity index (χ0) is 29.4. The average Bonchev–Trinajstić information content (AvgIpc) is 3.68. The van der Waals surface area contributed by atoms with E-state index < -0.39 is 34.7 Å². The highest BCUT2D eigenvalue weighted by atomic mass is 19.2. The van der Waals surface area contributed by atoms with Gasteiger partial charge in [-0.2, -0.15) is 0 Å². The van der Waals surface area contributed by atoms with Crippen LogP contribution in [0, 0.1) is 17.0 Å². The van der Waals surface area contributed by atoms with Gasteiger partial charge in [0.1, 0.15) is 17.7 Å². The lowest BCUT2D eigenvalue weighted by atomic mass is 9.85. The van der Waals surface area contributed by atoms with Crippen LogP contribution in [-0.2, 0) is 19.9 Å². The maximum absolute atomic E-state index is 14.3. The summed E-state index contributed by atoms with van der Waals surface area (Å²) < 4.78 is 33.7. The smallest absolute Gasteiger partial charge is 0.246 e. The topological polar surface area (TPSA) is 70.7 Å². The molecule has 3 atom stereocenters. The van der Waals surface area contributed by atoms with Crippen LogP contribution >= 0.6 is 0 Å². The molecule has 41 heavy (non-hydrogen) atoms. The number of hydrogen-bond acceptors (Lipinski definition) is 4. The molecule has 8 heteroatoms. The SMILES string of the molecule is CO[C@@]1(c2ccc(-c3ccccc3)cc2)C[C@@H](C(=O)NC2CC2)N(C(=O)[C@H](Nc2ccc(F)c(F)c2)C(C)(C)C)C1. The van der Waals surface area contributed by atoms with Crippen LogP contribution in [0.4, 0.5) is 14.5 Å². The van der Waals surface area contributed by atoms with Crippen LogP contribution in [0.1, 0.15) is 45.6 Å². The van der Waals surface area contributed by atoms with Crippen molar-refractivity contribution in [1.29, 1.82) is 0 Å². The molecule has 1 heterocycles. The molecule has 0 spiro atoms. The summed E-state index contributed by atoms with van der Waals surface area (Å²) in [5.41, 5.74) is 1.78. The molecule has 1 saturated carbocycles. The first-order valence-electron chi connectivity index (χ1n) is 14.0. The number of ether oxygens (including phenoxy) is 1. The van der Waals surface area contributed by atoms with Crippen molar-refractivity contribution >= 4 is 17.5 Å². The molecule has 3 aromatic rings. The lowest BCUT2D eigenvalue weighted by Gasteiger charge is -2.36. The maximum atomic E-state index is 14.3. The number of carbonyl (C=O) groups excluding carboxylic acids is 2. The van der Waals surface area contributed by atoms with E-state index in [4.69, 9.17) is 4.74 Å². The minimum Gasteiger partial charge on any atom is -0.373 e. The number of nitrogens with one attached hydrogen (secondary N) is 2. The van der Waals surface area contributed by atoms with Crippen molar-refractivity contribution < 1.29 is 23.1 Å². The second kappa shape index (κ2) is 11.2. The average molecular weight is 562 g/mol. The molecule has 1 aliphatic carbocycles. The van der Waals surface area contributed by atoms with E-state index in [1.807, 2.05) is 75.4 Å². The first kappa shape index (κ1) is 28.7. The van der Waals surface area contributed by atoms with Gasteiger partial charge in [0.2, 0.25) is 11.8 Å². The lowest BCUT2D eigenvalue weighted by Crippen LogP contribution is -2.54. The zero-order valence-electron chi connectivity index (χ0n) is 23.9. The fourth-order valence-corrected chi connectivity index (χ4v) is 5.50. The van der Waals surface area contributed by atoms with Crippen molar-refractivity contribution in [2.24, 2.45) is 5.41 Å². The van der Waals surface area contributed by atoms with E-state index in [0.717, 1.165) is 41.7 Å². The van der Waals surface area contributed by atoms with Gasteiger partial charge in [-0.15, -0.1) is 0 Å². The minimum absolute atomic E-state index is 0.126. The van der Waals surface area contributed by atoms with Gasteiger partial charge in [-0.25, -0.2) is 8.78 Å². The van der Waals surface area contributed by atoms with Gasteiger partial charge in [-0.1, -0.05) is 75.4 Å². The van der Waals surface area contributed by atoms with Crippen LogP contribution in [0.5, 0.6) is 0 Å². The molecule has 216 valence electrons. The Morgan fingerprint density at radius 2 is 1.61 bits per heavy atom. The number of rotatable bonds is 8. The molecule has 0 aromatic heterocycles. The fraction of sp³-hybridized carbons (Fsp3) is 0.394. The van der Waals surface area contributed by atoms with Gasteiger partial charge in [0.25, 0.3) is 0 Å². The fourth-order valence-electron chi connectivity index (χ4n) is 5.50. The Labute approximate surface area is 240 Å². The molecule has 2 N–H and O–H groups in total. The Balaban J connectivity index is 1.47. The van der Waals surface area contributed by atoms with Crippen LogP contribution < -0.4 is 10.6 Å². The van der Waals surface area contributed by atoms with E-state index in [-0.39, 0.29) is 30.1 Å². The van der Waals surface area contributed by atoms with Crippen LogP contribution in [0.3, 0.4) is 0 Å². The van der Waals surface area contributed by atoms with Gasteiger partial charge in [0.05, 0.1) is 6.54 Å². The highest BCUT2D eigenvalue weighted by molar-refractivity contribution is 5.92. The third-order valence-corrected chi connectivity index (χ3v) is 8.09. The molecule has 5 rings (SSSR count). The summed E-state index contributed by atoms with van der Waals surface area (Å²) in [4.78, 5) is 29.4. The third-order valence-electron chi connectivity index (χ3n) is 8.09. The summed E-state index contributed by atoms with van der Waals surface area (Å²) in [6.07, 6.45) is 2.14. The molecule has 1 saturated heterocycles. The molecule has 1 aliphatic heterocycles. The highest BCUT2D eigenvalue weighted by Crippen LogP contribution is 2.41. The monoisotopic (exact) mass is 561 g/mol. The summed E-state index contributed by atoms with van der Waals surface area (Å²) in [5.74, 6) is -2.48. The molecule has 6 nitrogen and oxygen atoms in total. The molecule has 2 fully saturated rings. The van der Waals surface area contributed by atoms with E-state index in [9.17, 15) is 18.4 Å². The van der Waals surface area contributed by atoms with Gasteiger partial charge in [0.15, 0.2) is 11.6 Å². The van der Waals surface area contributed by atoms with Gasteiger partial charge in [0, 0.05) is 31.3 Å². The van der Waals surface area contributed by atoms with E-state index in [0.29, 0.717) is 6.42 Å². The predicted octanol–water partition coefficient (Wildman–Crippen LogP) is 5.88. The standard InChI is InChI=1S/C33H37F2N3O3/c1-32(2,3)29(36-25-16-17-26(34)27(35)18-25)31(40)38-20-33(41-4,19-28(38)30(39)37-24-14-15-24)23-12-10-22(11-13-23)21-8-6-5-7-9-21/h5-13,16-18,24,28-29,36H,14-15,19-20H2,1-4H3,(H,37,39)/t28-,29-,33-/m0/s1. The van der Waals surface area contributed by atoms with E-state index >= 15 is 0 Å². The summed E-state index contributed by atoms with van der Waals surface area (Å²) in [7, 11) is 1.61. The zero-order valence-corrected chi connectivity index (χ0v) is 23.9. The summed E-state index contributed by atoms with van der Waals surface area (Å²) in [6, 6.07) is 20.1. The van der Waals surface area contributed by atoms with Crippen LogP contribution in [0.15, 0.2) is 72.8 Å². The number of amides is 2. The summed E-state index contributed by atoms with van der Waals surface area (Å²) in [6.45, 7) is 5.85. The lowest BCUT2D eigenvalue weighted by molar-refractivity contribution is -0.141. The minimum atomic E-state index is -1.00. The number of likely N-dealkylation sites (tertiary alicyclic amines) is 1. The molecular formula is C33H37F2N3O3. The molecule has 3 aromatic carbocycles. The number of halogens is 2. The van der Waals surface area contributed by atoms with Gasteiger partial charge < -0.3 is 20.3 Å². The molecule has 2 amide bonds. The van der Waals surface area contributed by atoms with Gasteiger partial charge in [-0.05, 0) is 47.1 Å². The van der Waals surface area contributed by atoms with Crippen molar-refractivity contribution in [3.63, 3.8) is 0 Å². The Bertz CT molecular complexity index is 1400. The summed E-state index contributed by atoms with van der Waals surface area (Å²) >= 11 is 0. The predicted molar refractivity (Wildman–Crippen MR) is 155 cm³/mol. The second-order valence-corrected chi connectivity index (χ2v) is 12.2. The second-order valence-electron chi connectivity index (χ2n) is 12.2. The molecule has 0 bridgehead atoms. The van der Waals surface area contributed by atoms with Crippen LogP contribution in [0.2, 0.25) is 0 Å². The number of carbonyl (C=O) groups is 2. The van der Waals surface area contributed by atoms with E-state index in [2.05, 4.69) is 10.6 Å². The number of benzene rings is 3. The number of nitrogens with zero attached hydrogens (tertiary/aromatic N) is 1. The van der Waals surface area contributed by atoms with Crippen molar-refractivity contribution in [2.75, 3.05) is 19.0 Å². The van der Waals surface area contributed by atoms with E-state index in [1.54, 1.807) is 12.0 Å². The molecule has 0 radical (unpaired) electrons. The highest BCUT2D eigenvalue weighted by Gasteiger charge is 2.52. The van der Waals surface area contributed by atoms with Crippen molar-refractivity contribution in [3.05, 3.63) is 90.0 Å². The molecular weight excluding hydrogens is 524 g/mol. The number of anilines is 1. The van der Waals surface area contributed by atoms with Crippen LogP contribution in [0.25, 0.3) is 11.1 Å². The first-order valence-corrected chi connectivity index (χ1v) is 14.0. The maximum Gasteiger partial charge on any atom is 0.246 e. The van der Waals surface area contributed by atoms with Crippen molar-refractivity contribution in [2.45, 2.75) is 63.8 Å². The molecule has 2 aliphatic rings. The van der Waals surface area contributed by atoms with Gasteiger partial charge >= 0.3 is 0 Å². The van der Waals surface area contributed by atoms with Crippen molar-refractivity contribution in [1.82, 2.24) is 10.2 Å². The normalized spacial score (nSPS) is 21.4. The number of hydrogen-bond donors (Lipinski definition) is 2. The largest absolute Gasteiger partial charge is 0.373 e. The Morgan fingerprint density at radius 1 is 0.951 bits per heavy atom. The van der Waals surface area contributed by atoms with Crippen LogP contribution in [-0.4, -0.2) is 48.5 Å². The Kier molecular flexibility index (Phi) is 7.88. The number of methoxy groups -OCH3 is 1. The third kappa shape index (κ3) is 6.12. The Morgan fingerprint density at radius 3 is 2.20 bits per heavy atom. The molecule has 0 unspecified atom stereocenters. The van der Waals surface area contributed by atoms with Crippen molar-refractivity contribution in [3.8, 4) is 11.1 Å². The first-order chi connectivity index (χ1) is 19.5. The quantitative estimate of drug-likeness (QED) is 0.361. The van der Waals surface area contributed by atoms with E-state index in [1.165, 1.54) is 6.07 Å².